The molecule has 23 heavy (non-hydrogen) atoms. The first-order valence-corrected chi connectivity index (χ1v) is 8.76. The highest BCUT2D eigenvalue weighted by Crippen LogP contribution is 2.72. The van der Waals surface area contributed by atoms with E-state index in [9.17, 15) is 26.2 Å². The second-order valence-corrected chi connectivity index (χ2v) is 8.19. The van der Waals surface area contributed by atoms with Crippen molar-refractivity contribution in [2.75, 3.05) is 11.5 Å². The maximum absolute atomic E-state index is 10.7. The van der Waals surface area contributed by atoms with Crippen molar-refractivity contribution in [3.8, 4) is 24.3 Å². The van der Waals surface area contributed by atoms with Crippen LogP contribution in [0.3, 0.4) is 0 Å². The van der Waals surface area contributed by atoms with Gasteiger partial charge in [-0.25, -0.2) is 0 Å². The van der Waals surface area contributed by atoms with Crippen LogP contribution < -0.4 is 0 Å². The van der Waals surface area contributed by atoms with E-state index in [4.69, 9.17) is 0 Å². The second-order valence-electron chi connectivity index (χ2n) is 5.31. The number of hydrogen-bond acceptors (Lipinski definition) is 7. The minimum atomic E-state index is -2.14. The van der Waals surface area contributed by atoms with Crippen molar-refractivity contribution in [2.24, 2.45) is 10.8 Å². The molecule has 1 N–H and O–H groups in total. The Labute approximate surface area is 142 Å². The second kappa shape index (κ2) is 5.19. The van der Waals surface area contributed by atoms with Crippen LogP contribution in [-0.4, -0.2) is 16.6 Å². The molecule has 0 aromatic heterocycles. The number of nitriles is 4. The van der Waals surface area contributed by atoms with Gasteiger partial charge in [0.15, 0.2) is 0 Å². The zero-order chi connectivity index (χ0) is 16.7. The third kappa shape index (κ3) is 1.55. The third-order valence-corrected chi connectivity index (χ3v) is 8.13. The normalized spacial score (nSPS) is 25.3. The number of aliphatic hydroxyl groups excluding tert-OH is 1. The molecule has 0 bridgehead atoms. The summed E-state index contributed by atoms with van der Waals surface area (Å²) < 4.78 is -1.06. The van der Waals surface area contributed by atoms with Crippen LogP contribution in [0.4, 0.5) is 0 Å². The molecule has 2 aliphatic rings. The van der Waals surface area contributed by atoms with Crippen LogP contribution in [0, 0.1) is 56.2 Å². The van der Waals surface area contributed by atoms with Crippen LogP contribution in [0.5, 0.6) is 0 Å². The molecule has 1 spiro atoms. The van der Waals surface area contributed by atoms with E-state index in [-0.39, 0.29) is 0 Å². The molecule has 1 heterocycles. The number of aliphatic hydroxyl groups is 1. The van der Waals surface area contributed by atoms with Gasteiger partial charge in [-0.05, 0) is 11.1 Å². The molecule has 0 radical (unpaired) electrons. The maximum Gasteiger partial charge on any atom is 0.207 e. The lowest BCUT2D eigenvalue weighted by Gasteiger charge is -2.50. The van der Waals surface area contributed by atoms with Gasteiger partial charge in [0, 0.05) is 11.5 Å². The predicted molar refractivity (Wildman–Crippen MR) is 85.3 cm³/mol. The molecule has 1 aromatic rings. The average molecular weight is 338 g/mol. The number of benzene rings is 1. The van der Waals surface area contributed by atoms with E-state index in [1.165, 1.54) is 23.5 Å². The molecule has 0 saturated carbocycles. The number of nitrogens with zero attached hydrogens (tertiary/aromatic N) is 4. The molecule has 112 valence electrons. The molecule has 1 aliphatic heterocycles. The summed E-state index contributed by atoms with van der Waals surface area (Å²) in [5.74, 6) is 1.40. The first-order chi connectivity index (χ1) is 11.1. The molecule has 1 atom stereocenters. The van der Waals surface area contributed by atoms with Gasteiger partial charge >= 0.3 is 0 Å². The third-order valence-electron chi connectivity index (χ3n) is 4.49. The lowest BCUT2D eigenvalue weighted by atomic mass is 9.55. The Kier molecular flexibility index (Phi) is 3.55. The number of fused-ring (bicyclic) bond motifs is 2. The highest BCUT2D eigenvalue weighted by molar-refractivity contribution is 8.20. The largest absolute Gasteiger partial charge is 0.385 e. The summed E-state index contributed by atoms with van der Waals surface area (Å²) in [7, 11) is 0. The first-order valence-electron chi connectivity index (χ1n) is 6.79. The topological polar surface area (TPSA) is 115 Å². The van der Waals surface area contributed by atoms with E-state index in [2.05, 4.69) is 0 Å². The Morgan fingerprint density at radius 1 is 0.957 bits per heavy atom. The molecule has 1 saturated heterocycles. The van der Waals surface area contributed by atoms with Crippen LogP contribution in [-0.2, 0) is 4.08 Å². The minimum Gasteiger partial charge on any atom is -0.385 e. The fourth-order valence-corrected chi connectivity index (χ4v) is 7.08. The summed E-state index contributed by atoms with van der Waals surface area (Å²) in [4.78, 5) is 0. The van der Waals surface area contributed by atoms with Crippen molar-refractivity contribution in [2.45, 2.75) is 10.2 Å². The van der Waals surface area contributed by atoms with E-state index < -0.39 is 21.0 Å². The Morgan fingerprint density at radius 2 is 1.52 bits per heavy atom. The minimum absolute atomic E-state index is 0.443. The van der Waals surface area contributed by atoms with Crippen molar-refractivity contribution >= 4 is 23.5 Å². The molecule has 3 rings (SSSR count). The molecule has 5 nitrogen and oxygen atoms in total. The zero-order valence-electron chi connectivity index (χ0n) is 11.9. The van der Waals surface area contributed by atoms with Crippen LogP contribution in [0.25, 0.3) is 0 Å². The molecule has 1 aliphatic carbocycles. The fourth-order valence-electron chi connectivity index (χ4n) is 3.38. The quantitative estimate of drug-likeness (QED) is 0.772. The zero-order valence-corrected chi connectivity index (χ0v) is 13.5. The van der Waals surface area contributed by atoms with Crippen LogP contribution in [0.15, 0.2) is 24.3 Å². The molecule has 0 amide bonds. The van der Waals surface area contributed by atoms with Crippen molar-refractivity contribution in [1.82, 2.24) is 0 Å². The number of thioether (sulfide) groups is 2. The van der Waals surface area contributed by atoms with Crippen LogP contribution >= 0.6 is 23.5 Å². The van der Waals surface area contributed by atoms with E-state index >= 15 is 0 Å². The Balaban J connectivity index is 2.51. The van der Waals surface area contributed by atoms with Crippen LogP contribution in [0.1, 0.15) is 17.2 Å². The van der Waals surface area contributed by atoms with Gasteiger partial charge in [0.25, 0.3) is 0 Å². The molecule has 1 unspecified atom stereocenters. The fraction of sp³-hybridized carbons (Fsp3) is 0.375. The van der Waals surface area contributed by atoms with Gasteiger partial charge in [-0.15, -0.1) is 23.5 Å². The summed E-state index contributed by atoms with van der Waals surface area (Å²) in [5.41, 5.74) is -3.01. The van der Waals surface area contributed by atoms with Gasteiger partial charge in [0.05, 0.1) is 24.3 Å². The Bertz CT molecular complexity index is 805. The summed E-state index contributed by atoms with van der Waals surface area (Å²) in [6.07, 6.45) is -1.51. The Hall–Kier alpha value is -2.16. The standard InChI is InChI=1S/C16H10N4OS2/c17-7-14(8-18)13(21)11-3-1-2-4-12(11)16(22-5-6-23-16)15(14,9-19)10-20/h1-4,13,21H,5-6H2. The number of hydrogen-bond donors (Lipinski definition) is 1. The molecule has 1 aromatic carbocycles. The van der Waals surface area contributed by atoms with Crippen molar-refractivity contribution in [3.05, 3.63) is 35.4 Å². The van der Waals surface area contributed by atoms with Crippen molar-refractivity contribution < 1.29 is 5.11 Å². The van der Waals surface area contributed by atoms with Gasteiger partial charge in [0.1, 0.15) is 10.2 Å². The lowest BCUT2D eigenvalue weighted by Crippen LogP contribution is -2.56. The molecule has 1 fully saturated rings. The maximum atomic E-state index is 10.7. The first kappa shape index (κ1) is 15.7. The molecular formula is C16H10N4OS2. The molecular weight excluding hydrogens is 328 g/mol. The smallest absolute Gasteiger partial charge is 0.207 e. The Morgan fingerprint density at radius 3 is 2.04 bits per heavy atom. The summed E-state index contributed by atoms with van der Waals surface area (Å²) >= 11 is 2.81. The summed E-state index contributed by atoms with van der Waals surface area (Å²) in [5, 5.41) is 50.0. The highest BCUT2D eigenvalue weighted by atomic mass is 32.2. The van der Waals surface area contributed by atoms with Gasteiger partial charge in [-0.2, -0.15) is 21.0 Å². The van der Waals surface area contributed by atoms with E-state index in [1.807, 2.05) is 24.3 Å². The molecule has 7 heteroatoms. The average Bonchev–Trinajstić information content (AvgIpc) is 3.09. The van der Waals surface area contributed by atoms with E-state index in [0.29, 0.717) is 22.6 Å². The SMILES string of the molecule is N#CC1(C#N)C(O)c2ccccc2C2(SCCS2)C1(C#N)C#N. The lowest BCUT2D eigenvalue weighted by molar-refractivity contribution is 0.0320. The van der Waals surface area contributed by atoms with Gasteiger partial charge in [-0.3, -0.25) is 0 Å². The van der Waals surface area contributed by atoms with Crippen molar-refractivity contribution in [3.63, 3.8) is 0 Å². The summed E-state index contributed by atoms with van der Waals surface area (Å²) in [6.45, 7) is 0. The van der Waals surface area contributed by atoms with E-state index in [1.54, 1.807) is 24.3 Å². The van der Waals surface area contributed by atoms with Crippen molar-refractivity contribution in [1.29, 1.82) is 21.0 Å². The summed E-state index contributed by atoms with van der Waals surface area (Å²) in [6, 6.07) is 14.5. The predicted octanol–water partition coefficient (Wildman–Crippen LogP) is 2.43. The highest BCUT2D eigenvalue weighted by Gasteiger charge is 2.74. The van der Waals surface area contributed by atoms with Gasteiger partial charge < -0.3 is 5.11 Å². The number of rotatable bonds is 0. The van der Waals surface area contributed by atoms with E-state index in [0.717, 1.165) is 0 Å². The monoisotopic (exact) mass is 338 g/mol. The van der Waals surface area contributed by atoms with Gasteiger partial charge in [-0.1, -0.05) is 24.3 Å². The van der Waals surface area contributed by atoms with Crippen LogP contribution in [0.2, 0.25) is 0 Å². The van der Waals surface area contributed by atoms with Gasteiger partial charge in [0.2, 0.25) is 10.8 Å².